The third-order valence-electron chi connectivity index (χ3n) is 3.85. The minimum Gasteiger partial charge on any atom is -0.505 e. The number of nitrogens with one attached hydrogen (secondary N) is 1. The average molecular weight is 333 g/mol. The maximum atomic E-state index is 10.9. The molecular formula is C18H15N5O2. The molecule has 25 heavy (non-hydrogen) atoms. The Bertz CT molecular complexity index is 1000. The second-order valence-electron chi connectivity index (χ2n) is 5.37. The van der Waals surface area contributed by atoms with Crippen molar-refractivity contribution in [2.24, 2.45) is 0 Å². The SMILES string of the molecule is COc1ccc(/C(O)=C(/c2nc3ccccc3[nH]2)n2cncn2)cc1. The van der Waals surface area contributed by atoms with E-state index in [4.69, 9.17) is 4.74 Å². The second kappa shape index (κ2) is 6.12. The van der Waals surface area contributed by atoms with E-state index >= 15 is 0 Å². The van der Waals surface area contributed by atoms with E-state index in [0.29, 0.717) is 22.8 Å². The van der Waals surface area contributed by atoms with Crippen molar-refractivity contribution in [3.8, 4) is 5.75 Å². The van der Waals surface area contributed by atoms with E-state index in [9.17, 15) is 5.11 Å². The molecule has 2 aromatic carbocycles. The summed E-state index contributed by atoms with van der Waals surface area (Å²) in [5.41, 5.74) is 2.71. The normalized spacial score (nSPS) is 12.2. The Morgan fingerprint density at radius 1 is 1.12 bits per heavy atom. The van der Waals surface area contributed by atoms with Gasteiger partial charge in [0, 0.05) is 5.56 Å². The summed E-state index contributed by atoms with van der Waals surface area (Å²) in [6.45, 7) is 0. The zero-order valence-corrected chi connectivity index (χ0v) is 13.4. The number of rotatable bonds is 4. The lowest BCUT2D eigenvalue weighted by atomic mass is 10.1. The van der Waals surface area contributed by atoms with Gasteiger partial charge < -0.3 is 14.8 Å². The fourth-order valence-corrected chi connectivity index (χ4v) is 2.60. The first-order valence-corrected chi connectivity index (χ1v) is 7.64. The van der Waals surface area contributed by atoms with E-state index in [1.54, 1.807) is 31.4 Å². The Hall–Kier alpha value is -3.61. The van der Waals surface area contributed by atoms with Crippen molar-refractivity contribution in [2.75, 3.05) is 7.11 Å². The third-order valence-corrected chi connectivity index (χ3v) is 3.85. The predicted octanol–water partition coefficient (Wildman–Crippen LogP) is 3.10. The van der Waals surface area contributed by atoms with Crippen molar-refractivity contribution < 1.29 is 9.84 Å². The van der Waals surface area contributed by atoms with Crippen molar-refractivity contribution >= 4 is 22.5 Å². The summed E-state index contributed by atoms with van der Waals surface area (Å²) in [6, 6.07) is 14.8. The summed E-state index contributed by atoms with van der Waals surface area (Å²) in [5, 5.41) is 15.0. The van der Waals surface area contributed by atoms with Gasteiger partial charge in [-0.15, -0.1) is 0 Å². The second-order valence-corrected chi connectivity index (χ2v) is 5.37. The Balaban J connectivity index is 1.90. The molecule has 0 spiro atoms. The lowest BCUT2D eigenvalue weighted by Gasteiger charge is -2.09. The Labute approximate surface area is 143 Å². The number of hydrogen-bond acceptors (Lipinski definition) is 5. The highest BCUT2D eigenvalue weighted by atomic mass is 16.5. The molecule has 0 saturated heterocycles. The van der Waals surface area contributed by atoms with Crippen LogP contribution in [0.25, 0.3) is 22.5 Å². The summed E-state index contributed by atoms with van der Waals surface area (Å²) in [4.78, 5) is 11.7. The Morgan fingerprint density at radius 3 is 2.60 bits per heavy atom. The fraction of sp³-hybridized carbons (Fsp3) is 0.0556. The molecule has 0 aliphatic rings. The number of methoxy groups -OCH3 is 1. The van der Waals surface area contributed by atoms with Crippen molar-refractivity contribution in [2.45, 2.75) is 0 Å². The maximum absolute atomic E-state index is 10.9. The molecular weight excluding hydrogens is 318 g/mol. The number of hydrogen-bond donors (Lipinski definition) is 2. The largest absolute Gasteiger partial charge is 0.505 e. The molecule has 2 N–H and O–H groups in total. The molecule has 7 heteroatoms. The van der Waals surface area contributed by atoms with Crippen molar-refractivity contribution in [3.63, 3.8) is 0 Å². The van der Waals surface area contributed by atoms with Crippen LogP contribution in [-0.2, 0) is 0 Å². The average Bonchev–Trinajstić information content (AvgIpc) is 3.31. The number of fused-ring (bicyclic) bond motifs is 1. The van der Waals surface area contributed by atoms with E-state index in [1.807, 2.05) is 24.3 Å². The van der Waals surface area contributed by atoms with Crippen LogP contribution in [0, 0.1) is 0 Å². The molecule has 0 saturated carbocycles. The highest BCUT2D eigenvalue weighted by Gasteiger charge is 2.18. The predicted molar refractivity (Wildman–Crippen MR) is 94.0 cm³/mol. The highest BCUT2D eigenvalue weighted by Crippen LogP contribution is 2.26. The van der Waals surface area contributed by atoms with Gasteiger partial charge in [-0.3, -0.25) is 0 Å². The van der Waals surface area contributed by atoms with Crippen molar-refractivity contribution in [1.29, 1.82) is 0 Å². The number of aliphatic hydroxyl groups is 1. The third kappa shape index (κ3) is 2.72. The van der Waals surface area contributed by atoms with Gasteiger partial charge in [0.15, 0.2) is 17.3 Å². The van der Waals surface area contributed by atoms with E-state index in [1.165, 1.54) is 17.3 Å². The first kappa shape index (κ1) is 14.9. The number of imidazole rings is 1. The molecule has 2 aromatic heterocycles. The standard InChI is InChI=1S/C18H15N5O2/c1-25-13-8-6-12(7-9-13)17(24)16(23-11-19-10-20-23)18-21-14-4-2-3-5-15(14)22-18/h2-11,24H,1H3,(H,21,22)/b17-16+. The van der Waals surface area contributed by atoms with E-state index in [-0.39, 0.29) is 5.76 Å². The van der Waals surface area contributed by atoms with Gasteiger partial charge in [0.05, 0.1) is 18.1 Å². The highest BCUT2D eigenvalue weighted by molar-refractivity contribution is 5.87. The Morgan fingerprint density at radius 2 is 1.92 bits per heavy atom. The maximum Gasteiger partial charge on any atom is 0.161 e. The topological polar surface area (TPSA) is 88.9 Å². The molecule has 0 fully saturated rings. The zero-order chi connectivity index (χ0) is 17.2. The summed E-state index contributed by atoms with van der Waals surface area (Å²) in [7, 11) is 1.60. The zero-order valence-electron chi connectivity index (χ0n) is 13.4. The smallest absolute Gasteiger partial charge is 0.161 e. The molecule has 4 aromatic rings. The van der Waals surface area contributed by atoms with Gasteiger partial charge >= 0.3 is 0 Å². The van der Waals surface area contributed by atoms with Gasteiger partial charge in [-0.2, -0.15) is 5.10 Å². The number of H-pyrrole nitrogens is 1. The first-order chi connectivity index (χ1) is 12.3. The van der Waals surface area contributed by atoms with E-state index in [0.717, 1.165) is 11.0 Å². The van der Waals surface area contributed by atoms with Gasteiger partial charge in [0.2, 0.25) is 0 Å². The Kier molecular flexibility index (Phi) is 3.66. The van der Waals surface area contributed by atoms with Crippen molar-refractivity contribution in [3.05, 3.63) is 72.6 Å². The van der Waals surface area contributed by atoms with Crippen LogP contribution >= 0.6 is 0 Å². The molecule has 124 valence electrons. The molecule has 0 bridgehead atoms. The number of ether oxygens (including phenoxy) is 1. The van der Waals surface area contributed by atoms with Gasteiger partial charge in [0.25, 0.3) is 0 Å². The van der Waals surface area contributed by atoms with Crippen LogP contribution in [0.1, 0.15) is 11.4 Å². The van der Waals surface area contributed by atoms with Crippen LogP contribution < -0.4 is 4.74 Å². The molecule has 0 aliphatic carbocycles. The minimum atomic E-state index is 0.0345. The summed E-state index contributed by atoms with van der Waals surface area (Å²) in [6.07, 6.45) is 2.92. The molecule has 2 heterocycles. The van der Waals surface area contributed by atoms with Crippen LogP contribution in [0.15, 0.2) is 61.2 Å². The summed E-state index contributed by atoms with van der Waals surface area (Å²) < 4.78 is 6.65. The fourth-order valence-electron chi connectivity index (χ4n) is 2.60. The molecule has 7 nitrogen and oxygen atoms in total. The monoisotopic (exact) mass is 333 g/mol. The molecule has 0 aliphatic heterocycles. The van der Waals surface area contributed by atoms with Crippen LogP contribution in [0.3, 0.4) is 0 Å². The number of para-hydroxylation sites is 2. The minimum absolute atomic E-state index is 0.0345. The number of benzene rings is 2. The van der Waals surface area contributed by atoms with Gasteiger partial charge in [-0.1, -0.05) is 12.1 Å². The van der Waals surface area contributed by atoms with Gasteiger partial charge in [0.1, 0.15) is 18.4 Å². The number of aromatic nitrogens is 5. The molecule has 0 unspecified atom stereocenters. The van der Waals surface area contributed by atoms with Crippen LogP contribution in [-0.4, -0.2) is 36.9 Å². The number of nitrogens with zero attached hydrogens (tertiary/aromatic N) is 4. The lowest BCUT2D eigenvalue weighted by molar-refractivity contribution is 0.414. The van der Waals surface area contributed by atoms with Gasteiger partial charge in [-0.05, 0) is 36.4 Å². The summed E-state index contributed by atoms with van der Waals surface area (Å²) in [5.74, 6) is 1.25. The summed E-state index contributed by atoms with van der Waals surface area (Å²) >= 11 is 0. The van der Waals surface area contributed by atoms with Crippen LogP contribution in [0.2, 0.25) is 0 Å². The number of aromatic amines is 1. The molecule has 0 radical (unpaired) electrons. The van der Waals surface area contributed by atoms with E-state index < -0.39 is 0 Å². The van der Waals surface area contributed by atoms with Crippen LogP contribution in [0.4, 0.5) is 0 Å². The van der Waals surface area contributed by atoms with Gasteiger partial charge in [-0.25, -0.2) is 14.6 Å². The van der Waals surface area contributed by atoms with E-state index in [2.05, 4.69) is 20.1 Å². The first-order valence-electron chi connectivity index (χ1n) is 7.64. The van der Waals surface area contributed by atoms with Crippen molar-refractivity contribution in [1.82, 2.24) is 24.7 Å². The molecule has 0 amide bonds. The molecule has 0 atom stereocenters. The quantitative estimate of drug-likeness (QED) is 0.560. The lowest BCUT2D eigenvalue weighted by Crippen LogP contribution is -2.05. The van der Waals surface area contributed by atoms with Crippen LogP contribution in [0.5, 0.6) is 5.75 Å². The number of aliphatic hydroxyl groups excluding tert-OH is 1. The molecule has 4 rings (SSSR count).